The van der Waals surface area contributed by atoms with Gasteiger partial charge in [0, 0.05) is 26.6 Å². The number of rotatable bonds is 8. The van der Waals surface area contributed by atoms with Crippen LogP contribution in [-0.4, -0.2) is 50.7 Å². The Kier molecular flexibility index (Phi) is 8.07. The van der Waals surface area contributed by atoms with Gasteiger partial charge < -0.3 is 15.0 Å². The van der Waals surface area contributed by atoms with Crippen LogP contribution in [0.25, 0.3) is 0 Å². The zero-order valence-electron chi connectivity index (χ0n) is 12.8. The fourth-order valence-corrected chi connectivity index (χ4v) is 2.62. The van der Waals surface area contributed by atoms with Crippen molar-refractivity contribution in [2.45, 2.75) is 39.5 Å². The second-order valence-electron chi connectivity index (χ2n) is 5.98. The van der Waals surface area contributed by atoms with E-state index in [0.717, 1.165) is 32.6 Å². The molecule has 1 fully saturated rings. The third-order valence-electron chi connectivity index (χ3n) is 3.67. The fraction of sp³-hybridized carbons (Fsp3) is 0.933. The molecule has 112 valence electrons. The van der Waals surface area contributed by atoms with E-state index in [1.165, 1.54) is 12.8 Å². The van der Waals surface area contributed by atoms with Crippen LogP contribution in [0, 0.1) is 11.8 Å². The second kappa shape index (κ2) is 9.32. The lowest BCUT2D eigenvalue weighted by atomic mass is 9.94. The first-order valence-corrected chi connectivity index (χ1v) is 7.61. The number of ether oxygens (including phenoxy) is 1. The molecule has 1 amide bonds. The summed E-state index contributed by atoms with van der Waals surface area (Å²) < 4.78 is 5.09. The van der Waals surface area contributed by atoms with E-state index in [1.54, 1.807) is 7.11 Å². The zero-order valence-corrected chi connectivity index (χ0v) is 12.8. The van der Waals surface area contributed by atoms with Crippen LogP contribution in [0.1, 0.15) is 39.5 Å². The predicted octanol–water partition coefficient (Wildman–Crippen LogP) is 1.90. The third-order valence-corrected chi connectivity index (χ3v) is 3.67. The Bertz CT molecular complexity index is 251. The summed E-state index contributed by atoms with van der Waals surface area (Å²) in [5.41, 5.74) is 0. The zero-order chi connectivity index (χ0) is 14.1. The molecule has 1 saturated heterocycles. The molecule has 1 aliphatic heterocycles. The molecule has 0 aliphatic carbocycles. The summed E-state index contributed by atoms with van der Waals surface area (Å²) in [6.07, 6.45) is 4.22. The van der Waals surface area contributed by atoms with Crippen molar-refractivity contribution in [2.75, 3.05) is 39.9 Å². The Hall–Kier alpha value is -0.610. The first kappa shape index (κ1) is 16.4. The number of methoxy groups -OCH3 is 1. The number of piperidine rings is 1. The summed E-state index contributed by atoms with van der Waals surface area (Å²) >= 11 is 0. The highest BCUT2D eigenvalue weighted by Crippen LogP contribution is 2.16. The molecule has 0 aromatic rings. The second-order valence-corrected chi connectivity index (χ2v) is 5.98. The van der Waals surface area contributed by atoms with E-state index in [4.69, 9.17) is 4.74 Å². The molecule has 4 heteroatoms. The van der Waals surface area contributed by atoms with Gasteiger partial charge in [0.25, 0.3) is 0 Å². The summed E-state index contributed by atoms with van der Waals surface area (Å²) in [7, 11) is 1.69. The number of amides is 1. The molecule has 1 unspecified atom stereocenters. The van der Waals surface area contributed by atoms with Gasteiger partial charge in [-0.3, -0.25) is 4.79 Å². The van der Waals surface area contributed by atoms with E-state index in [2.05, 4.69) is 19.2 Å². The van der Waals surface area contributed by atoms with Crippen molar-refractivity contribution >= 4 is 5.91 Å². The van der Waals surface area contributed by atoms with E-state index in [9.17, 15) is 4.79 Å². The third kappa shape index (κ3) is 6.92. The molecule has 4 nitrogen and oxygen atoms in total. The smallest absolute Gasteiger partial charge is 0.222 e. The molecule has 1 N–H and O–H groups in total. The molecule has 1 heterocycles. The van der Waals surface area contributed by atoms with Crippen LogP contribution in [0.4, 0.5) is 0 Å². The van der Waals surface area contributed by atoms with Gasteiger partial charge in [0.15, 0.2) is 0 Å². The Labute approximate surface area is 117 Å². The lowest BCUT2D eigenvalue weighted by Crippen LogP contribution is -2.37. The monoisotopic (exact) mass is 270 g/mol. The van der Waals surface area contributed by atoms with E-state index >= 15 is 0 Å². The van der Waals surface area contributed by atoms with E-state index in [1.807, 2.05) is 4.90 Å². The summed E-state index contributed by atoms with van der Waals surface area (Å²) in [6, 6.07) is 0. The Morgan fingerprint density at radius 1 is 1.47 bits per heavy atom. The number of nitrogens with one attached hydrogen (secondary N) is 1. The van der Waals surface area contributed by atoms with Gasteiger partial charge in [0.05, 0.1) is 6.61 Å². The minimum Gasteiger partial charge on any atom is -0.383 e. The van der Waals surface area contributed by atoms with E-state index < -0.39 is 0 Å². The number of nitrogens with zero attached hydrogens (tertiary/aromatic N) is 1. The number of carbonyl (C=O) groups is 1. The average Bonchev–Trinajstić information content (AvgIpc) is 2.41. The van der Waals surface area contributed by atoms with Gasteiger partial charge in [-0.05, 0) is 44.2 Å². The molecule has 0 bridgehead atoms. The first-order valence-electron chi connectivity index (χ1n) is 7.61. The Morgan fingerprint density at radius 2 is 2.26 bits per heavy atom. The highest BCUT2D eigenvalue weighted by atomic mass is 16.5. The van der Waals surface area contributed by atoms with Crippen molar-refractivity contribution in [1.82, 2.24) is 10.2 Å². The normalized spacial score (nSPS) is 19.7. The van der Waals surface area contributed by atoms with Gasteiger partial charge in [-0.1, -0.05) is 13.8 Å². The molecule has 0 saturated carbocycles. The maximum Gasteiger partial charge on any atom is 0.222 e. The van der Waals surface area contributed by atoms with Gasteiger partial charge in [-0.15, -0.1) is 0 Å². The topological polar surface area (TPSA) is 41.6 Å². The van der Waals surface area contributed by atoms with E-state index in [0.29, 0.717) is 24.9 Å². The lowest BCUT2D eigenvalue weighted by molar-refractivity contribution is -0.132. The molecule has 0 aromatic heterocycles. The number of hydrogen-bond acceptors (Lipinski definition) is 3. The van der Waals surface area contributed by atoms with Gasteiger partial charge in [0.1, 0.15) is 0 Å². The predicted molar refractivity (Wildman–Crippen MR) is 78.1 cm³/mol. The molecule has 1 aliphatic rings. The molecule has 19 heavy (non-hydrogen) atoms. The van der Waals surface area contributed by atoms with Crippen molar-refractivity contribution in [3.05, 3.63) is 0 Å². The van der Waals surface area contributed by atoms with Gasteiger partial charge in [-0.2, -0.15) is 0 Å². The SMILES string of the molecule is COCCN(CC(C)C)C(=O)CCC1CCCNC1. The molecular formula is C15H30N2O2. The highest BCUT2D eigenvalue weighted by molar-refractivity contribution is 5.76. The van der Waals surface area contributed by atoms with Crippen molar-refractivity contribution in [3.8, 4) is 0 Å². The molecule has 1 rings (SSSR count). The maximum atomic E-state index is 12.3. The van der Waals surface area contributed by atoms with Crippen LogP contribution >= 0.6 is 0 Å². The van der Waals surface area contributed by atoms with Gasteiger partial charge in [0.2, 0.25) is 5.91 Å². The standard InChI is InChI=1S/C15H30N2O2/c1-13(2)12-17(9-10-19-3)15(18)7-6-14-5-4-8-16-11-14/h13-14,16H,4-12H2,1-3H3. The largest absolute Gasteiger partial charge is 0.383 e. The maximum absolute atomic E-state index is 12.3. The van der Waals surface area contributed by atoms with Crippen LogP contribution < -0.4 is 5.32 Å². The van der Waals surface area contributed by atoms with Crippen LogP contribution in [-0.2, 0) is 9.53 Å². The molecule has 0 aromatic carbocycles. The summed E-state index contributed by atoms with van der Waals surface area (Å²) in [5, 5.41) is 3.41. The minimum atomic E-state index is 0.288. The first-order chi connectivity index (χ1) is 9.13. The van der Waals surface area contributed by atoms with Crippen molar-refractivity contribution in [2.24, 2.45) is 11.8 Å². The van der Waals surface area contributed by atoms with Crippen LogP contribution in [0.15, 0.2) is 0 Å². The lowest BCUT2D eigenvalue weighted by Gasteiger charge is -2.26. The fourth-order valence-electron chi connectivity index (χ4n) is 2.62. The Morgan fingerprint density at radius 3 is 2.84 bits per heavy atom. The highest BCUT2D eigenvalue weighted by Gasteiger charge is 2.18. The van der Waals surface area contributed by atoms with Gasteiger partial charge >= 0.3 is 0 Å². The number of carbonyl (C=O) groups excluding carboxylic acids is 1. The van der Waals surface area contributed by atoms with Crippen LogP contribution in [0.2, 0.25) is 0 Å². The van der Waals surface area contributed by atoms with Crippen LogP contribution in [0.3, 0.4) is 0 Å². The van der Waals surface area contributed by atoms with Crippen molar-refractivity contribution in [3.63, 3.8) is 0 Å². The quantitative estimate of drug-likeness (QED) is 0.732. The molecular weight excluding hydrogens is 240 g/mol. The summed E-state index contributed by atoms with van der Waals surface area (Å²) in [5.74, 6) is 1.48. The van der Waals surface area contributed by atoms with Crippen molar-refractivity contribution < 1.29 is 9.53 Å². The van der Waals surface area contributed by atoms with Crippen molar-refractivity contribution in [1.29, 1.82) is 0 Å². The van der Waals surface area contributed by atoms with Gasteiger partial charge in [-0.25, -0.2) is 0 Å². The summed E-state index contributed by atoms with van der Waals surface area (Å²) in [6.45, 7) is 8.70. The molecule has 0 spiro atoms. The van der Waals surface area contributed by atoms with E-state index in [-0.39, 0.29) is 5.91 Å². The summed E-state index contributed by atoms with van der Waals surface area (Å²) in [4.78, 5) is 14.2. The number of hydrogen-bond donors (Lipinski definition) is 1. The average molecular weight is 270 g/mol. The Balaban J connectivity index is 2.32. The minimum absolute atomic E-state index is 0.288. The molecule has 0 radical (unpaired) electrons. The molecule has 1 atom stereocenters. The van der Waals surface area contributed by atoms with Crippen LogP contribution in [0.5, 0.6) is 0 Å².